The maximum atomic E-state index is 2.84. The molecule has 0 spiro atoms. The van der Waals surface area contributed by atoms with Crippen LogP contribution in [0.15, 0.2) is 70.5 Å². The van der Waals surface area contributed by atoms with E-state index in [1.807, 2.05) is 0 Å². The molecule has 24 heavy (non-hydrogen) atoms. The van der Waals surface area contributed by atoms with Gasteiger partial charge < -0.3 is 0 Å². The fourth-order valence-electron chi connectivity index (χ4n) is 3.03. The van der Waals surface area contributed by atoms with Gasteiger partial charge in [-0.25, -0.2) is 3.71 Å². The third kappa shape index (κ3) is 4.38. The lowest BCUT2D eigenvalue weighted by molar-refractivity contribution is 0.530. The summed E-state index contributed by atoms with van der Waals surface area (Å²) in [5.41, 5.74) is 0. The Bertz CT molecular complexity index is 569. The van der Waals surface area contributed by atoms with E-state index in [2.05, 4.69) is 103 Å². The first-order chi connectivity index (χ1) is 11.3. The highest BCUT2D eigenvalue weighted by Gasteiger charge is 2.33. The molecule has 0 amide bonds. The number of benzene rings is 2. The molecular formula is C21H33NS2. The fourth-order valence-corrected chi connectivity index (χ4v) is 10.5. The van der Waals surface area contributed by atoms with Gasteiger partial charge in [0.2, 0.25) is 0 Å². The lowest BCUT2D eigenvalue weighted by Gasteiger charge is -2.55. The van der Waals surface area contributed by atoms with Crippen LogP contribution in [0.2, 0.25) is 0 Å². The quantitative estimate of drug-likeness (QED) is 0.549. The fraction of sp³-hybridized carbons (Fsp3) is 0.429. The minimum absolute atomic E-state index is 0.726. The van der Waals surface area contributed by atoms with Crippen LogP contribution in [0.25, 0.3) is 0 Å². The van der Waals surface area contributed by atoms with E-state index >= 15 is 0 Å². The van der Waals surface area contributed by atoms with Gasteiger partial charge in [0.1, 0.15) is 0 Å². The summed E-state index contributed by atoms with van der Waals surface area (Å²) in [7, 11) is -2.06. The number of nitrogens with zero attached hydrogens (tertiary/aromatic N) is 1. The van der Waals surface area contributed by atoms with E-state index in [0.29, 0.717) is 0 Å². The van der Waals surface area contributed by atoms with Gasteiger partial charge >= 0.3 is 0 Å². The second kappa shape index (κ2) is 7.99. The van der Waals surface area contributed by atoms with Crippen molar-refractivity contribution in [1.82, 2.24) is 3.71 Å². The summed E-state index contributed by atoms with van der Waals surface area (Å²) in [6.07, 6.45) is 11.1. The standard InChI is InChI=1S/C21H33NS2/c1-19(2)17-18-22(23(3,4)20-13-9-7-10-14-20)24(5,6)21-15-11-8-12-16-21/h7-16,19H,17-18H2,1-6H3. The molecule has 0 aliphatic carbocycles. The summed E-state index contributed by atoms with van der Waals surface area (Å²) in [6, 6.07) is 22.2. The van der Waals surface area contributed by atoms with Gasteiger partial charge in [-0.15, -0.1) is 0 Å². The summed E-state index contributed by atoms with van der Waals surface area (Å²) >= 11 is 0. The molecule has 2 aromatic carbocycles. The van der Waals surface area contributed by atoms with Crippen LogP contribution in [0.3, 0.4) is 0 Å². The zero-order chi connectivity index (χ0) is 17.8. The van der Waals surface area contributed by atoms with Crippen molar-refractivity contribution >= 4 is 20.4 Å². The van der Waals surface area contributed by atoms with Gasteiger partial charge in [0, 0.05) is 16.3 Å². The van der Waals surface area contributed by atoms with E-state index in [1.54, 1.807) is 0 Å². The van der Waals surface area contributed by atoms with Crippen molar-refractivity contribution in [2.45, 2.75) is 30.1 Å². The van der Waals surface area contributed by atoms with Gasteiger partial charge in [-0.2, -0.15) is 20.4 Å². The minimum atomic E-state index is -1.03. The Morgan fingerprint density at radius 2 is 1.08 bits per heavy atom. The first-order valence-corrected chi connectivity index (χ1v) is 13.4. The molecule has 0 atom stereocenters. The molecule has 0 aliphatic heterocycles. The lowest BCUT2D eigenvalue weighted by Crippen LogP contribution is -2.31. The number of hydrogen-bond acceptors (Lipinski definition) is 1. The second-order valence-electron chi connectivity index (χ2n) is 7.41. The molecule has 0 bridgehead atoms. The lowest BCUT2D eigenvalue weighted by atomic mass is 10.1. The van der Waals surface area contributed by atoms with Crippen molar-refractivity contribution in [3.63, 3.8) is 0 Å². The molecule has 0 heterocycles. The smallest absolute Gasteiger partial charge is 0.0178 e. The Morgan fingerprint density at radius 1 is 0.708 bits per heavy atom. The van der Waals surface area contributed by atoms with Crippen LogP contribution in [0.1, 0.15) is 20.3 Å². The summed E-state index contributed by atoms with van der Waals surface area (Å²) in [4.78, 5) is 2.95. The van der Waals surface area contributed by atoms with Gasteiger partial charge in [0.15, 0.2) is 0 Å². The topological polar surface area (TPSA) is 3.24 Å². The van der Waals surface area contributed by atoms with E-state index < -0.39 is 20.4 Å². The molecule has 0 radical (unpaired) electrons. The largest absolute Gasteiger partial charge is 0.224 e. The molecule has 1 nitrogen and oxygen atoms in total. The van der Waals surface area contributed by atoms with Gasteiger partial charge in [0.05, 0.1) is 0 Å². The monoisotopic (exact) mass is 363 g/mol. The summed E-state index contributed by atoms with van der Waals surface area (Å²) in [5, 5.41) is 0. The SMILES string of the molecule is CC(C)CCN(S(C)(C)c1ccccc1)S(C)(C)c1ccccc1. The molecule has 0 fully saturated rings. The van der Waals surface area contributed by atoms with E-state index in [1.165, 1.54) is 16.2 Å². The average Bonchev–Trinajstić information content (AvgIpc) is 2.56. The van der Waals surface area contributed by atoms with Crippen molar-refractivity contribution in [3.8, 4) is 0 Å². The molecule has 0 unspecified atom stereocenters. The van der Waals surface area contributed by atoms with Gasteiger partial charge in [0.25, 0.3) is 0 Å². The Balaban J connectivity index is 2.44. The van der Waals surface area contributed by atoms with Crippen molar-refractivity contribution in [2.24, 2.45) is 5.92 Å². The van der Waals surface area contributed by atoms with Crippen LogP contribution in [-0.4, -0.2) is 35.3 Å². The van der Waals surface area contributed by atoms with E-state index in [0.717, 1.165) is 12.5 Å². The Morgan fingerprint density at radius 3 is 1.42 bits per heavy atom. The number of hydrogen-bond donors (Lipinski definition) is 0. The molecule has 3 heteroatoms. The summed E-state index contributed by atoms with van der Waals surface area (Å²) < 4.78 is 2.84. The van der Waals surface area contributed by atoms with Gasteiger partial charge in [-0.3, -0.25) is 0 Å². The molecule has 2 rings (SSSR count). The molecular weight excluding hydrogens is 330 g/mol. The molecule has 0 aliphatic rings. The Kier molecular flexibility index (Phi) is 6.46. The van der Waals surface area contributed by atoms with Crippen LogP contribution < -0.4 is 0 Å². The molecule has 2 aromatic rings. The van der Waals surface area contributed by atoms with Crippen LogP contribution in [0.5, 0.6) is 0 Å². The molecule has 0 saturated carbocycles. The minimum Gasteiger partial charge on any atom is -0.224 e. The predicted molar refractivity (Wildman–Crippen MR) is 114 cm³/mol. The first-order valence-electron chi connectivity index (χ1n) is 8.61. The zero-order valence-corrected chi connectivity index (χ0v) is 17.7. The third-order valence-corrected chi connectivity index (χ3v) is 12.0. The normalized spacial score (nSPS) is 14.2. The highest BCUT2D eigenvalue weighted by molar-refractivity contribution is 8.44. The van der Waals surface area contributed by atoms with Crippen LogP contribution in [0.4, 0.5) is 0 Å². The summed E-state index contributed by atoms with van der Waals surface area (Å²) in [5.74, 6) is 0.726. The van der Waals surface area contributed by atoms with E-state index in [9.17, 15) is 0 Å². The molecule has 134 valence electrons. The van der Waals surface area contributed by atoms with E-state index in [4.69, 9.17) is 0 Å². The summed E-state index contributed by atoms with van der Waals surface area (Å²) in [6.45, 7) is 5.81. The molecule has 0 aromatic heterocycles. The molecule has 0 N–H and O–H groups in total. The average molecular weight is 364 g/mol. The molecule has 0 saturated heterocycles. The van der Waals surface area contributed by atoms with Crippen molar-refractivity contribution in [1.29, 1.82) is 0 Å². The number of rotatable bonds is 7. The Labute approximate surface area is 152 Å². The first kappa shape index (κ1) is 19.4. The van der Waals surface area contributed by atoms with Crippen LogP contribution >= 0.6 is 20.4 Å². The third-order valence-electron chi connectivity index (χ3n) is 4.55. The second-order valence-corrected chi connectivity index (χ2v) is 14.6. The van der Waals surface area contributed by atoms with Crippen molar-refractivity contribution in [2.75, 3.05) is 31.6 Å². The van der Waals surface area contributed by atoms with E-state index in [-0.39, 0.29) is 0 Å². The predicted octanol–water partition coefficient (Wildman–Crippen LogP) is 6.41. The maximum Gasteiger partial charge on any atom is 0.0178 e. The van der Waals surface area contributed by atoms with Crippen LogP contribution in [0, 0.1) is 5.92 Å². The van der Waals surface area contributed by atoms with Gasteiger partial charge in [-0.05, 0) is 61.6 Å². The van der Waals surface area contributed by atoms with Crippen molar-refractivity contribution in [3.05, 3.63) is 60.7 Å². The highest BCUT2D eigenvalue weighted by atomic mass is 32.3. The zero-order valence-electron chi connectivity index (χ0n) is 16.0. The van der Waals surface area contributed by atoms with Gasteiger partial charge in [-0.1, -0.05) is 50.2 Å². The Hall–Kier alpha value is -0.900. The van der Waals surface area contributed by atoms with Crippen LogP contribution in [-0.2, 0) is 0 Å². The highest BCUT2D eigenvalue weighted by Crippen LogP contribution is 2.67. The maximum absolute atomic E-state index is 2.84. The van der Waals surface area contributed by atoms with Crippen molar-refractivity contribution < 1.29 is 0 Å².